The summed E-state index contributed by atoms with van der Waals surface area (Å²) < 4.78 is 5.73. The topological polar surface area (TPSA) is 9.23 Å². The molecule has 68 valence electrons. The van der Waals surface area contributed by atoms with Gasteiger partial charge in [0.1, 0.15) is 11.4 Å². The third-order valence-corrected chi connectivity index (χ3v) is 2.71. The summed E-state index contributed by atoms with van der Waals surface area (Å²) in [5, 5.41) is 0.742. The molecule has 1 aliphatic heterocycles. The number of para-hydroxylation sites is 1. The van der Waals surface area contributed by atoms with E-state index in [1.54, 1.807) is 0 Å². The van der Waals surface area contributed by atoms with Crippen molar-refractivity contribution in [3.05, 3.63) is 34.9 Å². The van der Waals surface area contributed by atoms with Crippen LogP contribution in [0.5, 0.6) is 5.75 Å². The Labute approximate surface area is 83.0 Å². The first-order valence-electron chi connectivity index (χ1n) is 4.25. The summed E-state index contributed by atoms with van der Waals surface area (Å²) in [4.78, 5) is 0. The number of fused-ring (bicyclic) bond motifs is 1. The molecule has 0 unspecified atom stereocenters. The van der Waals surface area contributed by atoms with Crippen LogP contribution in [0.15, 0.2) is 29.3 Å². The minimum atomic E-state index is -0.393. The molecule has 1 nitrogen and oxygen atoms in total. The lowest BCUT2D eigenvalue weighted by atomic mass is 10.0. The SMILES string of the molecule is CC1(C)Oc2ccccc2C=C1Cl. The molecule has 2 rings (SSSR count). The zero-order valence-corrected chi connectivity index (χ0v) is 8.43. The minimum Gasteiger partial charge on any atom is -0.482 e. The Morgan fingerprint density at radius 3 is 2.69 bits per heavy atom. The van der Waals surface area contributed by atoms with Gasteiger partial charge in [-0.2, -0.15) is 0 Å². The molecule has 0 bridgehead atoms. The maximum Gasteiger partial charge on any atom is 0.139 e. The van der Waals surface area contributed by atoms with E-state index in [9.17, 15) is 0 Å². The molecule has 1 heterocycles. The van der Waals surface area contributed by atoms with E-state index in [4.69, 9.17) is 16.3 Å². The summed E-state index contributed by atoms with van der Waals surface area (Å²) in [5.41, 5.74) is 0.655. The van der Waals surface area contributed by atoms with Crippen LogP contribution in [0, 0.1) is 0 Å². The van der Waals surface area contributed by atoms with Crippen molar-refractivity contribution < 1.29 is 4.74 Å². The number of hydrogen-bond donors (Lipinski definition) is 0. The molecular weight excluding hydrogens is 184 g/mol. The van der Waals surface area contributed by atoms with Gasteiger partial charge in [-0.15, -0.1) is 0 Å². The van der Waals surface area contributed by atoms with Gasteiger partial charge in [0.05, 0.1) is 5.03 Å². The monoisotopic (exact) mass is 194 g/mol. The van der Waals surface area contributed by atoms with E-state index in [0.717, 1.165) is 16.3 Å². The number of hydrogen-bond acceptors (Lipinski definition) is 1. The summed E-state index contributed by atoms with van der Waals surface area (Å²) in [6.45, 7) is 3.92. The summed E-state index contributed by atoms with van der Waals surface area (Å²) >= 11 is 6.07. The van der Waals surface area contributed by atoms with E-state index in [1.165, 1.54) is 0 Å². The van der Waals surface area contributed by atoms with Crippen molar-refractivity contribution in [2.45, 2.75) is 19.4 Å². The Kier molecular flexibility index (Phi) is 1.85. The predicted octanol–water partition coefficient (Wildman–Crippen LogP) is 3.44. The van der Waals surface area contributed by atoms with Crippen LogP contribution in [0.25, 0.3) is 6.08 Å². The van der Waals surface area contributed by atoms with E-state index in [-0.39, 0.29) is 0 Å². The van der Waals surface area contributed by atoms with Gasteiger partial charge >= 0.3 is 0 Å². The summed E-state index contributed by atoms with van der Waals surface area (Å²) in [6.07, 6.45) is 1.96. The first-order chi connectivity index (χ1) is 6.09. The highest BCUT2D eigenvalue weighted by atomic mass is 35.5. The van der Waals surface area contributed by atoms with E-state index >= 15 is 0 Å². The molecule has 0 aliphatic carbocycles. The lowest BCUT2D eigenvalue weighted by Gasteiger charge is -2.30. The van der Waals surface area contributed by atoms with Crippen LogP contribution in [0.3, 0.4) is 0 Å². The van der Waals surface area contributed by atoms with Gasteiger partial charge in [-0.1, -0.05) is 29.8 Å². The molecule has 0 saturated heterocycles. The molecule has 0 amide bonds. The maximum absolute atomic E-state index is 6.07. The lowest BCUT2D eigenvalue weighted by molar-refractivity contribution is 0.154. The first kappa shape index (κ1) is 8.64. The summed E-state index contributed by atoms with van der Waals surface area (Å²) in [7, 11) is 0. The molecule has 0 spiro atoms. The van der Waals surface area contributed by atoms with E-state index in [1.807, 2.05) is 44.2 Å². The summed E-state index contributed by atoms with van der Waals surface area (Å²) in [5.74, 6) is 0.900. The van der Waals surface area contributed by atoms with Crippen LogP contribution in [0.4, 0.5) is 0 Å². The quantitative estimate of drug-likeness (QED) is 0.615. The first-order valence-corrected chi connectivity index (χ1v) is 4.63. The van der Waals surface area contributed by atoms with Crippen LogP contribution >= 0.6 is 11.6 Å². The van der Waals surface area contributed by atoms with Gasteiger partial charge in [-0.3, -0.25) is 0 Å². The molecule has 1 aliphatic rings. The van der Waals surface area contributed by atoms with Crippen LogP contribution in [0.1, 0.15) is 19.4 Å². The molecule has 1 aromatic rings. The minimum absolute atomic E-state index is 0.393. The average Bonchev–Trinajstić information content (AvgIpc) is 2.06. The Hall–Kier alpha value is -0.950. The van der Waals surface area contributed by atoms with Crippen molar-refractivity contribution in [1.29, 1.82) is 0 Å². The predicted molar refractivity (Wildman–Crippen MR) is 55.0 cm³/mol. The highest BCUT2D eigenvalue weighted by Gasteiger charge is 2.28. The van der Waals surface area contributed by atoms with Crippen molar-refractivity contribution in [3.8, 4) is 5.75 Å². The number of benzene rings is 1. The molecule has 1 aromatic carbocycles. The van der Waals surface area contributed by atoms with Gasteiger partial charge in [0, 0.05) is 5.56 Å². The molecule has 0 atom stereocenters. The van der Waals surface area contributed by atoms with Gasteiger partial charge < -0.3 is 4.74 Å². The van der Waals surface area contributed by atoms with Gasteiger partial charge in [0.25, 0.3) is 0 Å². The number of rotatable bonds is 0. The molecule has 0 N–H and O–H groups in total. The van der Waals surface area contributed by atoms with Crippen LogP contribution < -0.4 is 4.74 Å². The molecule has 0 saturated carbocycles. The van der Waals surface area contributed by atoms with E-state index < -0.39 is 5.60 Å². The molecule has 2 heteroatoms. The zero-order valence-electron chi connectivity index (χ0n) is 7.67. The van der Waals surface area contributed by atoms with Crippen molar-refractivity contribution >= 4 is 17.7 Å². The Morgan fingerprint density at radius 2 is 1.92 bits per heavy atom. The van der Waals surface area contributed by atoms with Gasteiger partial charge in [-0.25, -0.2) is 0 Å². The normalized spacial score (nSPS) is 18.5. The van der Waals surface area contributed by atoms with Gasteiger partial charge in [0.2, 0.25) is 0 Å². The largest absolute Gasteiger partial charge is 0.482 e. The fraction of sp³-hybridized carbons (Fsp3) is 0.273. The highest BCUT2D eigenvalue weighted by Crippen LogP contribution is 2.36. The molecule has 0 radical (unpaired) electrons. The lowest BCUT2D eigenvalue weighted by Crippen LogP contribution is -2.30. The standard InChI is InChI=1S/C11H11ClO/c1-11(2)10(12)7-8-5-3-4-6-9(8)13-11/h3-7H,1-2H3. The highest BCUT2D eigenvalue weighted by molar-refractivity contribution is 6.32. The smallest absolute Gasteiger partial charge is 0.139 e. The van der Waals surface area contributed by atoms with Crippen molar-refractivity contribution in [3.63, 3.8) is 0 Å². The van der Waals surface area contributed by atoms with E-state index in [0.29, 0.717) is 0 Å². The van der Waals surface area contributed by atoms with Gasteiger partial charge in [0.15, 0.2) is 0 Å². The Balaban J connectivity index is 2.53. The average molecular weight is 195 g/mol. The maximum atomic E-state index is 6.07. The Morgan fingerprint density at radius 1 is 1.23 bits per heavy atom. The summed E-state index contributed by atoms with van der Waals surface area (Å²) in [6, 6.07) is 7.88. The second-order valence-corrected chi connectivity index (χ2v) is 4.05. The number of halogens is 1. The second-order valence-electron chi connectivity index (χ2n) is 3.64. The fourth-order valence-corrected chi connectivity index (χ4v) is 1.48. The number of ether oxygens (including phenoxy) is 1. The second kappa shape index (κ2) is 2.78. The molecule has 0 fully saturated rings. The van der Waals surface area contributed by atoms with E-state index in [2.05, 4.69) is 0 Å². The zero-order chi connectivity index (χ0) is 9.47. The molecule has 13 heavy (non-hydrogen) atoms. The van der Waals surface area contributed by atoms with Crippen LogP contribution in [0.2, 0.25) is 0 Å². The molecular formula is C11H11ClO. The van der Waals surface area contributed by atoms with Crippen LogP contribution in [-0.2, 0) is 0 Å². The van der Waals surface area contributed by atoms with Gasteiger partial charge in [-0.05, 0) is 26.0 Å². The third kappa shape index (κ3) is 1.44. The Bertz CT molecular complexity index is 366. The van der Waals surface area contributed by atoms with Crippen LogP contribution in [-0.4, -0.2) is 5.60 Å². The third-order valence-electron chi connectivity index (χ3n) is 2.14. The van der Waals surface area contributed by atoms with Crippen molar-refractivity contribution in [1.82, 2.24) is 0 Å². The van der Waals surface area contributed by atoms with Crippen molar-refractivity contribution in [2.24, 2.45) is 0 Å². The molecule has 0 aromatic heterocycles. The fourth-order valence-electron chi connectivity index (χ4n) is 1.33. The van der Waals surface area contributed by atoms with Crippen molar-refractivity contribution in [2.75, 3.05) is 0 Å².